The summed E-state index contributed by atoms with van der Waals surface area (Å²) in [6.07, 6.45) is 0.741. The molecule has 0 spiro atoms. The lowest BCUT2D eigenvalue weighted by molar-refractivity contribution is -0.216. The summed E-state index contributed by atoms with van der Waals surface area (Å²) in [5, 5.41) is 5.31. The second-order valence-corrected chi connectivity index (χ2v) is 6.17. The number of hydrogen-bond acceptors (Lipinski definition) is 2. The van der Waals surface area contributed by atoms with E-state index in [9.17, 15) is 18.0 Å². The molecule has 1 aliphatic heterocycles. The summed E-state index contributed by atoms with van der Waals surface area (Å²) >= 11 is 0. The number of hydrogen-bond donors (Lipinski definition) is 2. The average Bonchev–Trinajstić information content (AvgIpc) is 2.90. The molecule has 0 aromatic rings. The summed E-state index contributed by atoms with van der Waals surface area (Å²) < 4.78 is 39.8. The molecule has 1 aliphatic carbocycles. The molecule has 1 saturated carbocycles. The number of amides is 1. The van der Waals surface area contributed by atoms with Gasteiger partial charge in [-0.3, -0.25) is 4.79 Å². The van der Waals surface area contributed by atoms with Crippen molar-refractivity contribution in [1.82, 2.24) is 10.6 Å². The van der Waals surface area contributed by atoms with Gasteiger partial charge in [0.25, 0.3) is 0 Å². The summed E-state index contributed by atoms with van der Waals surface area (Å²) in [6.45, 7) is 1.77. The third kappa shape index (κ3) is 2.95. The summed E-state index contributed by atoms with van der Waals surface area (Å²) in [5.41, 5.74) is -2.24. The molecule has 2 N–H and O–H groups in total. The topological polar surface area (TPSA) is 41.1 Å². The zero-order valence-electron chi connectivity index (χ0n) is 11.9. The second-order valence-electron chi connectivity index (χ2n) is 6.17. The van der Waals surface area contributed by atoms with Crippen molar-refractivity contribution < 1.29 is 18.0 Å². The molecule has 116 valence electrons. The minimum absolute atomic E-state index is 0.167. The Morgan fingerprint density at radius 3 is 2.45 bits per heavy atom. The normalized spacial score (nSPS) is 30.2. The van der Waals surface area contributed by atoms with Gasteiger partial charge in [0.15, 0.2) is 5.41 Å². The van der Waals surface area contributed by atoms with E-state index in [1.807, 2.05) is 6.92 Å². The molecule has 2 unspecified atom stereocenters. The molecule has 6 heteroatoms. The first-order valence-electron chi connectivity index (χ1n) is 7.45. The smallest absolute Gasteiger partial charge is 0.353 e. The fraction of sp³-hybridized carbons (Fsp3) is 0.929. The van der Waals surface area contributed by atoms with Crippen molar-refractivity contribution in [1.29, 1.82) is 0 Å². The summed E-state index contributed by atoms with van der Waals surface area (Å²) in [5.74, 6) is -0.541. The van der Waals surface area contributed by atoms with E-state index in [1.54, 1.807) is 0 Å². The van der Waals surface area contributed by atoms with Crippen molar-refractivity contribution in [3.05, 3.63) is 0 Å². The highest BCUT2D eigenvalue weighted by Crippen LogP contribution is 2.43. The van der Waals surface area contributed by atoms with Crippen LogP contribution in [0.3, 0.4) is 0 Å². The Morgan fingerprint density at radius 2 is 1.95 bits per heavy atom. The Bertz CT molecular complexity index is 345. The quantitative estimate of drug-likeness (QED) is 0.839. The summed E-state index contributed by atoms with van der Waals surface area (Å²) in [4.78, 5) is 12.2. The largest absolute Gasteiger partial charge is 0.404 e. The maximum atomic E-state index is 13.3. The number of rotatable bonds is 3. The van der Waals surface area contributed by atoms with Gasteiger partial charge in [-0.05, 0) is 38.6 Å². The van der Waals surface area contributed by atoms with E-state index in [0.29, 0.717) is 5.92 Å². The van der Waals surface area contributed by atoms with Gasteiger partial charge < -0.3 is 10.6 Å². The molecule has 2 aliphatic rings. The SMILES string of the molecule is CC(NC(=O)C1(C(F)(F)F)CCNC1)C1CCCCC1. The molecule has 2 rings (SSSR count). The zero-order chi connectivity index (χ0) is 14.8. The van der Waals surface area contributed by atoms with Crippen molar-refractivity contribution in [2.45, 2.75) is 57.7 Å². The summed E-state index contributed by atoms with van der Waals surface area (Å²) in [7, 11) is 0. The highest BCUT2D eigenvalue weighted by molar-refractivity contribution is 5.84. The third-order valence-electron chi connectivity index (χ3n) is 4.85. The molecule has 1 heterocycles. The molecule has 2 atom stereocenters. The van der Waals surface area contributed by atoms with Crippen molar-refractivity contribution in [3.8, 4) is 0 Å². The fourth-order valence-corrected chi connectivity index (χ4v) is 3.35. The minimum Gasteiger partial charge on any atom is -0.353 e. The molecule has 0 aromatic heterocycles. The Labute approximate surface area is 117 Å². The van der Waals surface area contributed by atoms with Crippen LogP contribution in [0.25, 0.3) is 0 Å². The molecule has 0 radical (unpaired) electrons. The van der Waals surface area contributed by atoms with E-state index in [1.165, 1.54) is 6.42 Å². The highest BCUT2D eigenvalue weighted by atomic mass is 19.4. The van der Waals surface area contributed by atoms with Crippen molar-refractivity contribution in [2.24, 2.45) is 11.3 Å². The predicted molar refractivity (Wildman–Crippen MR) is 70.2 cm³/mol. The molecule has 2 fully saturated rings. The first-order chi connectivity index (χ1) is 9.37. The predicted octanol–water partition coefficient (Wildman–Crippen LogP) is 2.61. The van der Waals surface area contributed by atoms with Crippen LogP contribution >= 0.6 is 0 Å². The van der Waals surface area contributed by atoms with Crippen LogP contribution < -0.4 is 10.6 Å². The van der Waals surface area contributed by atoms with Gasteiger partial charge in [-0.15, -0.1) is 0 Å². The van der Waals surface area contributed by atoms with Gasteiger partial charge in [0.2, 0.25) is 5.91 Å². The Kier molecular flexibility index (Phi) is 4.62. The van der Waals surface area contributed by atoms with Crippen LogP contribution in [0.1, 0.15) is 45.4 Å². The van der Waals surface area contributed by atoms with Gasteiger partial charge in [0.1, 0.15) is 0 Å². The van der Waals surface area contributed by atoms with Crippen LogP contribution in [0.2, 0.25) is 0 Å². The van der Waals surface area contributed by atoms with Crippen LogP contribution in [0.4, 0.5) is 13.2 Å². The zero-order valence-corrected chi connectivity index (χ0v) is 11.9. The molecule has 3 nitrogen and oxygen atoms in total. The van der Waals surface area contributed by atoms with Crippen LogP contribution in [0.15, 0.2) is 0 Å². The van der Waals surface area contributed by atoms with Gasteiger partial charge in [-0.1, -0.05) is 19.3 Å². The Morgan fingerprint density at radius 1 is 1.30 bits per heavy atom. The van der Waals surface area contributed by atoms with Crippen molar-refractivity contribution in [2.75, 3.05) is 13.1 Å². The van der Waals surface area contributed by atoms with Crippen LogP contribution in [0.5, 0.6) is 0 Å². The van der Waals surface area contributed by atoms with E-state index in [2.05, 4.69) is 10.6 Å². The average molecular weight is 292 g/mol. The van der Waals surface area contributed by atoms with Gasteiger partial charge in [0.05, 0.1) is 0 Å². The number of alkyl halides is 3. The molecule has 1 amide bonds. The highest BCUT2D eigenvalue weighted by Gasteiger charge is 2.61. The van der Waals surface area contributed by atoms with Gasteiger partial charge in [-0.2, -0.15) is 13.2 Å². The first kappa shape index (κ1) is 15.6. The van der Waals surface area contributed by atoms with E-state index in [4.69, 9.17) is 0 Å². The summed E-state index contributed by atoms with van der Waals surface area (Å²) in [6, 6.07) is -0.178. The standard InChI is InChI=1S/C14H23F3N2O/c1-10(11-5-3-2-4-6-11)19-12(20)13(14(15,16)17)7-8-18-9-13/h10-11,18H,2-9H2,1H3,(H,19,20). The van der Waals surface area contributed by atoms with E-state index < -0.39 is 17.5 Å². The second kappa shape index (κ2) is 5.92. The first-order valence-corrected chi connectivity index (χ1v) is 7.45. The molecule has 1 saturated heterocycles. The monoisotopic (exact) mass is 292 g/mol. The minimum atomic E-state index is -4.49. The van der Waals surface area contributed by atoms with E-state index in [-0.39, 0.29) is 25.6 Å². The molecular formula is C14H23F3N2O. The maximum Gasteiger partial charge on any atom is 0.404 e. The van der Waals surface area contributed by atoms with Gasteiger partial charge in [0, 0.05) is 12.6 Å². The lowest BCUT2D eigenvalue weighted by Crippen LogP contribution is -2.55. The van der Waals surface area contributed by atoms with Crippen LogP contribution in [-0.2, 0) is 4.79 Å². The van der Waals surface area contributed by atoms with Crippen LogP contribution in [0, 0.1) is 11.3 Å². The van der Waals surface area contributed by atoms with Crippen LogP contribution in [-0.4, -0.2) is 31.2 Å². The number of carbonyl (C=O) groups is 1. The molecule has 20 heavy (non-hydrogen) atoms. The van der Waals surface area contributed by atoms with E-state index >= 15 is 0 Å². The third-order valence-corrected chi connectivity index (χ3v) is 4.85. The van der Waals surface area contributed by atoms with Gasteiger partial charge >= 0.3 is 6.18 Å². The molecule has 0 bridgehead atoms. The Hall–Kier alpha value is -0.780. The van der Waals surface area contributed by atoms with Crippen molar-refractivity contribution >= 4 is 5.91 Å². The molecule has 0 aromatic carbocycles. The lowest BCUT2D eigenvalue weighted by atomic mass is 9.82. The maximum absolute atomic E-state index is 13.3. The number of nitrogens with one attached hydrogen (secondary N) is 2. The van der Waals surface area contributed by atoms with E-state index in [0.717, 1.165) is 25.7 Å². The number of carbonyl (C=O) groups excluding carboxylic acids is 1. The number of halogens is 3. The lowest BCUT2D eigenvalue weighted by Gasteiger charge is -2.34. The van der Waals surface area contributed by atoms with Gasteiger partial charge in [-0.25, -0.2) is 0 Å². The molecular weight excluding hydrogens is 269 g/mol. The fourth-order valence-electron chi connectivity index (χ4n) is 3.35. The Balaban J connectivity index is 2.02. The van der Waals surface area contributed by atoms with Crippen molar-refractivity contribution in [3.63, 3.8) is 0 Å².